The lowest BCUT2D eigenvalue weighted by Gasteiger charge is -2.07. The predicted octanol–water partition coefficient (Wildman–Crippen LogP) is 2.51. The van der Waals surface area contributed by atoms with Crippen LogP contribution >= 0.6 is 23.2 Å². The summed E-state index contributed by atoms with van der Waals surface area (Å²) >= 11 is 11.9. The molecular formula is C10H9Cl2NO. The summed E-state index contributed by atoms with van der Waals surface area (Å²) < 4.78 is 0. The molecule has 1 aliphatic rings. The molecule has 0 heterocycles. The molecule has 1 aromatic carbocycles. The molecular weight excluding hydrogens is 221 g/mol. The monoisotopic (exact) mass is 229 g/mol. The minimum absolute atomic E-state index is 0.221. The van der Waals surface area contributed by atoms with Crippen LogP contribution in [0, 0.1) is 0 Å². The molecule has 1 amide bonds. The van der Waals surface area contributed by atoms with E-state index in [0.717, 1.165) is 24.0 Å². The maximum atomic E-state index is 11.1. The Balaban J connectivity index is 2.54. The topological polar surface area (TPSA) is 43.1 Å². The molecule has 1 aliphatic carbocycles. The van der Waals surface area contributed by atoms with Crippen LogP contribution in [-0.2, 0) is 11.2 Å². The van der Waals surface area contributed by atoms with Gasteiger partial charge in [-0.2, -0.15) is 0 Å². The van der Waals surface area contributed by atoms with Gasteiger partial charge < -0.3 is 5.73 Å². The molecule has 0 aromatic heterocycles. The molecule has 0 bridgehead atoms. The highest BCUT2D eigenvalue weighted by atomic mass is 35.5. The zero-order valence-corrected chi connectivity index (χ0v) is 8.90. The average molecular weight is 230 g/mol. The van der Waals surface area contributed by atoms with Gasteiger partial charge in [0.25, 0.3) is 0 Å². The summed E-state index contributed by atoms with van der Waals surface area (Å²) in [5.74, 6) is -0.525. The lowest BCUT2D eigenvalue weighted by molar-refractivity contribution is -0.119. The Morgan fingerprint density at radius 2 is 2.14 bits per heavy atom. The Bertz CT molecular complexity index is 403. The first-order valence-corrected chi connectivity index (χ1v) is 5.12. The second kappa shape index (κ2) is 3.44. The molecule has 1 aromatic rings. The fourth-order valence-corrected chi connectivity index (χ4v) is 2.54. The van der Waals surface area contributed by atoms with Crippen LogP contribution in [0.15, 0.2) is 12.1 Å². The third-order valence-electron chi connectivity index (χ3n) is 2.60. The van der Waals surface area contributed by atoms with E-state index in [9.17, 15) is 4.79 Å². The van der Waals surface area contributed by atoms with Gasteiger partial charge in [-0.05, 0) is 36.1 Å². The first kappa shape index (κ1) is 9.81. The predicted molar refractivity (Wildman–Crippen MR) is 56.7 cm³/mol. The SMILES string of the molecule is NC(=O)[C@@H]1CCc2c(Cl)cc(Cl)cc21. The number of halogens is 2. The van der Waals surface area contributed by atoms with E-state index in [4.69, 9.17) is 28.9 Å². The number of nitrogens with two attached hydrogens (primary N) is 1. The molecule has 14 heavy (non-hydrogen) atoms. The Hall–Kier alpha value is -0.730. The standard InChI is InChI=1S/C10H9Cl2NO/c11-5-3-8-6(9(12)4-5)1-2-7(8)10(13)14/h3-4,7H,1-2H2,(H2,13,14)/t7-/m1/s1. The Labute approximate surface area is 92.0 Å². The van der Waals surface area contributed by atoms with Crippen molar-refractivity contribution in [1.29, 1.82) is 0 Å². The quantitative estimate of drug-likeness (QED) is 0.791. The van der Waals surface area contributed by atoms with Gasteiger partial charge in [0.2, 0.25) is 5.91 Å². The number of carbonyl (C=O) groups is 1. The molecule has 74 valence electrons. The van der Waals surface area contributed by atoms with Crippen LogP contribution in [0.25, 0.3) is 0 Å². The van der Waals surface area contributed by atoms with Gasteiger partial charge in [-0.1, -0.05) is 23.2 Å². The molecule has 2 N–H and O–H groups in total. The van der Waals surface area contributed by atoms with Gasteiger partial charge in [0, 0.05) is 10.0 Å². The van der Waals surface area contributed by atoms with Crippen LogP contribution in [-0.4, -0.2) is 5.91 Å². The summed E-state index contributed by atoms with van der Waals surface area (Å²) in [6, 6.07) is 3.48. The van der Waals surface area contributed by atoms with Gasteiger partial charge in [-0.15, -0.1) is 0 Å². The zero-order valence-electron chi connectivity index (χ0n) is 7.39. The van der Waals surface area contributed by atoms with E-state index in [-0.39, 0.29) is 11.8 Å². The number of amides is 1. The first-order valence-electron chi connectivity index (χ1n) is 4.36. The number of fused-ring (bicyclic) bond motifs is 1. The number of hydrogen-bond acceptors (Lipinski definition) is 1. The normalized spacial score (nSPS) is 19.4. The summed E-state index contributed by atoms with van der Waals surface area (Å²) in [7, 11) is 0. The summed E-state index contributed by atoms with van der Waals surface area (Å²) in [5.41, 5.74) is 7.20. The van der Waals surface area contributed by atoms with Gasteiger partial charge in [-0.3, -0.25) is 4.79 Å². The van der Waals surface area contributed by atoms with Crippen molar-refractivity contribution in [2.24, 2.45) is 5.73 Å². The summed E-state index contributed by atoms with van der Waals surface area (Å²) in [5, 5.41) is 1.19. The third-order valence-corrected chi connectivity index (χ3v) is 3.15. The second-order valence-corrected chi connectivity index (χ2v) is 4.29. The van der Waals surface area contributed by atoms with Gasteiger partial charge in [0.15, 0.2) is 0 Å². The van der Waals surface area contributed by atoms with Crippen molar-refractivity contribution in [1.82, 2.24) is 0 Å². The van der Waals surface area contributed by atoms with E-state index >= 15 is 0 Å². The molecule has 0 radical (unpaired) electrons. The highest BCUT2D eigenvalue weighted by Gasteiger charge is 2.28. The molecule has 1 atom stereocenters. The fourth-order valence-electron chi connectivity index (χ4n) is 1.94. The maximum absolute atomic E-state index is 11.1. The van der Waals surface area contributed by atoms with Crippen LogP contribution in [0.4, 0.5) is 0 Å². The van der Waals surface area contributed by atoms with E-state index in [0.29, 0.717) is 10.0 Å². The number of rotatable bonds is 1. The number of hydrogen-bond donors (Lipinski definition) is 1. The summed E-state index contributed by atoms with van der Waals surface area (Å²) in [4.78, 5) is 11.1. The van der Waals surface area contributed by atoms with Crippen LogP contribution in [0.1, 0.15) is 23.5 Å². The van der Waals surface area contributed by atoms with Crippen molar-refractivity contribution in [3.8, 4) is 0 Å². The van der Waals surface area contributed by atoms with E-state index in [1.807, 2.05) is 0 Å². The Kier molecular flexibility index (Phi) is 2.41. The Morgan fingerprint density at radius 1 is 1.43 bits per heavy atom. The van der Waals surface area contributed by atoms with E-state index < -0.39 is 0 Å². The van der Waals surface area contributed by atoms with Gasteiger partial charge in [0.05, 0.1) is 5.92 Å². The fraction of sp³-hybridized carbons (Fsp3) is 0.300. The highest BCUT2D eigenvalue weighted by molar-refractivity contribution is 6.35. The Morgan fingerprint density at radius 3 is 2.79 bits per heavy atom. The van der Waals surface area contributed by atoms with Crippen molar-refractivity contribution < 1.29 is 4.79 Å². The molecule has 0 saturated carbocycles. The van der Waals surface area contributed by atoms with Crippen LogP contribution < -0.4 is 5.73 Å². The van der Waals surface area contributed by atoms with Crippen molar-refractivity contribution in [2.75, 3.05) is 0 Å². The molecule has 0 fully saturated rings. The minimum atomic E-state index is -0.304. The molecule has 0 unspecified atom stereocenters. The molecule has 0 spiro atoms. The van der Waals surface area contributed by atoms with Crippen molar-refractivity contribution >= 4 is 29.1 Å². The molecule has 0 saturated heterocycles. The van der Waals surface area contributed by atoms with Crippen LogP contribution in [0.2, 0.25) is 10.0 Å². The van der Waals surface area contributed by atoms with E-state index in [2.05, 4.69) is 0 Å². The average Bonchev–Trinajstić information content (AvgIpc) is 2.47. The smallest absolute Gasteiger partial charge is 0.224 e. The van der Waals surface area contributed by atoms with Gasteiger partial charge >= 0.3 is 0 Å². The highest BCUT2D eigenvalue weighted by Crippen LogP contribution is 2.38. The number of primary amides is 1. The zero-order chi connectivity index (χ0) is 10.3. The van der Waals surface area contributed by atoms with Crippen molar-refractivity contribution in [3.63, 3.8) is 0 Å². The number of carbonyl (C=O) groups excluding carboxylic acids is 1. The summed E-state index contributed by atoms with van der Waals surface area (Å²) in [6.45, 7) is 0. The second-order valence-electron chi connectivity index (χ2n) is 3.45. The van der Waals surface area contributed by atoms with Crippen molar-refractivity contribution in [2.45, 2.75) is 18.8 Å². The summed E-state index contributed by atoms with van der Waals surface area (Å²) in [6.07, 6.45) is 1.55. The first-order chi connectivity index (χ1) is 6.59. The molecule has 2 nitrogen and oxygen atoms in total. The van der Waals surface area contributed by atoms with Crippen LogP contribution in [0.3, 0.4) is 0 Å². The third kappa shape index (κ3) is 1.49. The van der Waals surface area contributed by atoms with Crippen LogP contribution in [0.5, 0.6) is 0 Å². The molecule has 0 aliphatic heterocycles. The lowest BCUT2D eigenvalue weighted by Crippen LogP contribution is -2.19. The maximum Gasteiger partial charge on any atom is 0.224 e. The number of benzene rings is 1. The van der Waals surface area contributed by atoms with E-state index in [1.165, 1.54) is 0 Å². The van der Waals surface area contributed by atoms with Gasteiger partial charge in [0.1, 0.15) is 0 Å². The molecule has 2 rings (SSSR count). The lowest BCUT2D eigenvalue weighted by atomic mass is 10.0. The van der Waals surface area contributed by atoms with Gasteiger partial charge in [-0.25, -0.2) is 0 Å². The minimum Gasteiger partial charge on any atom is -0.369 e. The largest absolute Gasteiger partial charge is 0.369 e. The molecule has 4 heteroatoms. The van der Waals surface area contributed by atoms with E-state index in [1.54, 1.807) is 12.1 Å². The van der Waals surface area contributed by atoms with Crippen molar-refractivity contribution in [3.05, 3.63) is 33.3 Å².